The Bertz CT molecular complexity index is 184. The first-order valence-electron chi connectivity index (χ1n) is 7.51. The lowest BCUT2D eigenvalue weighted by Gasteiger charge is -2.21. The van der Waals surface area contributed by atoms with Crippen molar-refractivity contribution in [3.05, 3.63) is 12.2 Å². The van der Waals surface area contributed by atoms with E-state index in [0.29, 0.717) is 12.1 Å². The molecule has 17 heavy (non-hydrogen) atoms. The van der Waals surface area contributed by atoms with Gasteiger partial charge in [0.1, 0.15) is 0 Å². The molecule has 0 fully saturated rings. The number of rotatable bonds is 10. The van der Waals surface area contributed by atoms with Gasteiger partial charge in [0, 0.05) is 12.1 Å². The van der Waals surface area contributed by atoms with Crippen molar-refractivity contribution >= 4 is 0 Å². The monoisotopic (exact) mass is 239 g/mol. The van der Waals surface area contributed by atoms with Crippen LogP contribution in [0.4, 0.5) is 0 Å². The topological polar surface area (TPSA) is 12.0 Å². The Morgan fingerprint density at radius 1 is 1.00 bits per heavy atom. The van der Waals surface area contributed by atoms with E-state index in [0.717, 1.165) is 12.3 Å². The van der Waals surface area contributed by atoms with Gasteiger partial charge in [-0.1, -0.05) is 52.7 Å². The normalized spacial score (nSPS) is 15.6. The van der Waals surface area contributed by atoms with Crippen LogP contribution in [0.25, 0.3) is 0 Å². The Labute approximate surface area is 109 Å². The molecule has 0 bridgehead atoms. The maximum Gasteiger partial charge on any atom is 0.00758 e. The Morgan fingerprint density at radius 2 is 1.65 bits per heavy atom. The van der Waals surface area contributed by atoms with Crippen molar-refractivity contribution in [1.29, 1.82) is 0 Å². The number of unbranched alkanes of at least 4 members (excludes halogenated alkanes) is 1. The van der Waals surface area contributed by atoms with Crippen LogP contribution in [0.3, 0.4) is 0 Å². The zero-order valence-corrected chi connectivity index (χ0v) is 12.6. The van der Waals surface area contributed by atoms with Crippen LogP contribution in [0.15, 0.2) is 12.2 Å². The summed E-state index contributed by atoms with van der Waals surface area (Å²) in [7, 11) is 0. The smallest absolute Gasteiger partial charge is 0.00758 e. The fourth-order valence-corrected chi connectivity index (χ4v) is 1.99. The second kappa shape index (κ2) is 10.8. The van der Waals surface area contributed by atoms with Crippen molar-refractivity contribution in [2.75, 3.05) is 0 Å². The summed E-state index contributed by atoms with van der Waals surface area (Å²) in [4.78, 5) is 0. The van der Waals surface area contributed by atoms with Gasteiger partial charge in [-0.3, -0.25) is 0 Å². The lowest BCUT2D eigenvalue weighted by Crippen LogP contribution is -2.35. The first-order valence-corrected chi connectivity index (χ1v) is 7.51. The van der Waals surface area contributed by atoms with Crippen molar-refractivity contribution in [2.45, 2.75) is 85.2 Å². The molecule has 1 N–H and O–H groups in total. The van der Waals surface area contributed by atoms with Gasteiger partial charge >= 0.3 is 0 Å². The second-order valence-corrected chi connectivity index (χ2v) is 5.65. The van der Waals surface area contributed by atoms with Crippen LogP contribution in [0, 0.1) is 5.92 Å². The summed E-state index contributed by atoms with van der Waals surface area (Å²) in [5.74, 6) is 0.780. The Hall–Kier alpha value is -0.300. The van der Waals surface area contributed by atoms with E-state index in [9.17, 15) is 0 Å². The number of hydrogen-bond acceptors (Lipinski definition) is 1. The third kappa shape index (κ3) is 10.6. The van der Waals surface area contributed by atoms with Crippen LogP contribution in [0.1, 0.15) is 73.1 Å². The van der Waals surface area contributed by atoms with Gasteiger partial charge in [0.05, 0.1) is 0 Å². The number of allylic oxidation sites excluding steroid dienone is 1. The molecule has 0 rings (SSSR count). The molecule has 102 valence electrons. The van der Waals surface area contributed by atoms with Crippen LogP contribution in [0.5, 0.6) is 0 Å². The highest BCUT2D eigenvalue weighted by Gasteiger charge is 2.08. The summed E-state index contributed by atoms with van der Waals surface area (Å²) in [6, 6.07) is 1.32. The Morgan fingerprint density at radius 3 is 2.18 bits per heavy atom. The van der Waals surface area contributed by atoms with Crippen molar-refractivity contribution < 1.29 is 0 Å². The van der Waals surface area contributed by atoms with Gasteiger partial charge < -0.3 is 5.32 Å². The summed E-state index contributed by atoms with van der Waals surface area (Å²) in [5.41, 5.74) is 0. The van der Waals surface area contributed by atoms with Gasteiger partial charge in [-0.2, -0.15) is 0 Å². The summed E-state index contributed by atoms with van der Waals surface area (Å²) in [5, 5.41) is 3.74. The fraction of sp³-hybridized carbons (Fsp3) is 0.875. The van der Waals surface area contributed by atoms with Crippen LogP contribution in [-0.2, 0) is 0 Å². The molecule has 0 radical (unpaired) electrons. The Kier molecular flexibility index (Phi) is 10.6. The van der Waals surface area contributed by atoms with Gasteiger partial charge in [-0.05, 0) is 38.5 Å². The fourth-order valence-electron chi connectivity index (χ4n) is 1.99. The molecule has 1 nitrogen and oxygen atoms in total. The predicted octanol–water partition coefficient (Wildman–Crippen LogP) is 4.93. The van der Waals surface area contributed by atoms with Crippen LogP contribution < -0.4 is 5.32 Å². The van der Waals surface area contributed by atoms with Crippen LogP contribution >= 0.6 is 0 Å². The molecule has 0 aromatic carbocycles. The largest absolute Gasteiger partial charge is 0.311 e. The van der Waals surface area contributed by atoms with Gasteiger partial charge in [0.15, 0.2) is 0 Å². The first-order chi connectivity index (χ1) is 8.10. The van der Waals surface area contributed by atoms with Crippen molar-refractivity contribution in [1.82, 2.24) is 5.32 Å². The van der Waals surface area contributed by atoms with E-state index in [4.69, 9.17) is 0 Å². The second-order valence-electron chi connectivity index (χ2n) is 5.65. The molecule has 0 amide bonds. The molecule has 0 aliphatic heterocycles. The summed E-state index contributed by atoms with van der Waals surface area (Å²) < 4.78 is 0. The highest BCUT2D eigenvalue weighted by Crippen LogP contribution is 2.07. The summed E-state index contributed by atoms with van der Waals surface area (Å²) in [6.45, 7) is 11.4. The predicted molar refractivity (Wildman–Crippen MR) is 79.4 cm³/mol. The van der Waals surface area contributed by atoms with Crippen LogP contribution in [-0.4, -0.2) is 12.1 Å². The molecule has 1 heteroatoms. The molecule has 2 unspecified atom stereocenters. The molecule has 0 aromatic rings. The standard InChI is InChI=1S/C16H33N/c1-6-8-13-16(7-2)17-15(5)12-10-9-11-14(3)4/h9-10,14-17H,6-8,11-13H2,1-5H3/b10-9-. The quantitative estimate of drug-likeness (QED) is 0.533. The van der Waals surface area contributed by atoms with Crippen molar-refractivity contribution in [3.8, 4) is 0 Å². The third-order valence-corrected chi connectivity index (χ3v) is 3.18. The molecule has 0 saturated heterocycles. The minimum atomic E-state index is 0.611. The van der Waals surface area contributed by atoms with Gasteiger partial charge in [0.25, 0.3) is 0 Å². The van der Waals surface area contributed by atoms with E-state index in [-0.39, 0.29) is 0 Å². The lowest BCUT2D eigenvalue weighted by molar-refractivity contribution is 0.404. The zero-order chi connectivity index (χ0) is 13.1. The molecule has 0 aliphatic carbocycles. The number of nitrogens with one attached hydrogen (secondary N) is 1. The highest BCUT2D eigenvalue weighted by atomic mass is 14.9. The van der Waals surface area contributed by atoms with Crippen molar-refractivity contribution in [2.24, 2.45) is 5.92 Å². The molecule has 0 aliphatic rings. The van der Waals surface area contributed by atoms with Gasteiger partial charge in [0.2, 0.25) is 0 Å². The molecule has 0 spiro atoms. The molecular formula is C16H33N. The minimum absolute atomic E-state index is 0.611. The minimum Gasteiger partial charge on any atom is -0.311 e. The lowest BCUT2D eigenvalue weighted by atomic mass is 10.1. The third-order valence-electron chi connectivity index (χ3n) is 3.18. The maximum atomic E-state index is 3.74. The van der Waals surface area contributed by atoms with E-state index in [1.807, 2.05) is 0 Å². The van der Waals surface area contributed by atoms with Gasteiger partial charge in [-0.15, -0.1) is 0 Å². The van der Waals surface area contributed by atoms with Crippen LogP contribution in [0.2, 0.25) is 0 Å². The van der Waals surface area contributed by atoms with E-state index < -0.39 is 0 Å². The van der Waals surface area contributed by atoms with E-state index in [1.54, 1.807) is 0 Å². The molecule has 0 aromatic heterocycles. The summed E-state index contributed by atoms with van der Waals surface area (Å²) in [6.07, 6.45) is 12.3. The molecule has 0 heterocycles. The average molecular weight is 239 g/mol. The van der Waals surface area contributed by atoms with E-state index in [2.05, 4.69) is 52.1 Å². The van der Waals surface area contributed by atoms with E-state index in [1.165, 1.54) is 32.1 Å². The van der Waals surface area contributed by atoms with Gasteiger partial charge in [-0.25, -0.2) is 0 Å². The average Bonchev–Trinajstić information content (AvgIpc) is 2.29. The maximum absolute atomic E-state index is 3.74. The van der Waals surface area contributed by atoms with E-state index >= 15 is 0 Å². The van der Waals surface area contributed by atoms with Crippen molar-refractivity contribution in [3.63, 3.8) is 0 Å². The molecule has 2 atom stereocenters. The Balaban J connectivity index is 3.74. The highest BCUT2D eigenvalue weighted by molar-refractivity contribution is 4.86. The molecule has 0 saturated carbocycles. The SMILES string of the molecule is CCCCC(CC)NC(C)C/C=C\CC(C)C. The number of hydrogen-bond donors (Lipinski definition) is 1. The zero-order valence-electron chi connectivity index (χ0n) is 12.6. The molecular weight excluding hydrogens is 206 g/mol. The summed E-state index contributed by atoms with van der Waals surface area (Å²) >= 11 is 0. The first kappa shape index (κ1) is 16.7.